The minimum Gasteiger partial charge on any atom is -0.441 e. The van der Waals surface area contributed by atoms with Crippen LogP contribution >= 0.6 is 0 Å². The van der Waals surface area contributed by atoms with E-state index < -0.39 is 11.9 Å². The van der Waals surface area contributed by atoms with Gasteiger partial charge in [0.15, 0.2) is 18.1 Å². The van der Waals surface area contributed by atoms with E-state index in [0.29, 0.717) is 6.54 Å². The molecule has 8 nitrogen and oxygen atoms in total. The second kappa shape index (κ2) is 6.48. The molecule has 0 fully saturated rings. The largest absolute Gasteiger partial charge is 0.519 e. The number of hydrogen-bond acceptors (Lipinski definition) is 6. The van der Waals surface area contributed by atoms with Crippen molar-refractivity contribution in [1.82, 2.24) is 10.6 Å². The standard InChI is InChI=1S/C10H14N2O6/c1-6-8(18-10(15)17-6)5-16-9(14)12-4-3-11-7(2)13/h3-5H2,1-2H3,(H,11,13)(H,12,14). The molecule has 0 aliphatic rings. The van der Waals surface area contributed by atoms with Crippen LogP contribution in [-0.4, -0.2) is 25.1 Å². The summed E-state index contributed by atoms with van der Waals surface area (Å²) in [6, 6.07) is 0. The van der Waals surface area contributed by atoms with Crippen LogP contribution < -0.4 is 16.5 Å². The van der Waals surface area contributed by atoms with Crippen molar-refractivity contribution in [3.63, 3.8) is 0 Å². The van der Waals surface area contributed by atoms with Crippen molar-refractivity contribution in [2.45, 2.75) is 20.5 Å². The summed E-state index contributed by atoms with van der Waals surface area (Å²) in [6.45, 7) is 3.26. The highest BCUT2D eigenvalue weighted by Crippen LogP contribution is 2.05. The Hall–Kier alpha value is -2.25. The lowest BCUT2D eigenvalue weighted by Gasteiger charge is -2.05. The van der Waals surface area contributed by atoms with Gasteiger partial charge in [0.05, 0.1) is 0 Å². The van der Waals surface area contributed by atoms with Crippen LogP contribution in [-0.2, 0) is 16.1 Å². The van der Waals surface area contributed by atoms with E-state index in [1.807, 2.05) is 0 Å². The van der Waals surface area contributed by atoms with Crippen molar-refractivity contribution in [1.29, 1.82) is 0 Å². The van der Waals surface area contributed by atoms with Gasteiger partial charge in [0.1, 0.15) is 0 Å². The SMILES string of the molecule is CC(=O)NCCNC(=O)OCc1oc(=O)oc1C. The van der Waals surface area contributed by atoms with Gasteiger partial charge < -0.3 is 24.2 Å². The van der Waals surface area contributed by atoms with Crippen LogP contribution in [0.2, 0.25) is 0 Å². The molecule has 0 bridgehead atoms. The first-order valence-corrected chi connectivity index (χ1v) is 5.23. The van der Waals surface area contributed by atoms with Crippen LogP contribution in [0.1, 0.15) is 18.4 Å². The fourth-order valence-electron chi connectivity index (χ4n) is 1.09. The van der Waals surface area contributed by atoms with Gasteiger partial charge >= 0.3 is 11.9 Å². The van der Waals surface area contributed by atoms with Crippen LogP contribution in [0.3, 0.4) is 0 Å². The van der Waals surface area contributed by atoms with Crippen LogP contribution in [0.4, 0.5) is 4.79 Å². The number of nitrogens with one attached hydrogen (secondary N) is 2. The Kier molecular flexibility index (Phi) is 4.97. The lowest BCUT2D eigenvalue weighted by molar-refractivity contribution is -0.118. The van der Waals surface area contributed by atoms with Crippen molar-refractivity contribution < 1.29 is 23.2 Å². The van der Waals surface area contributed by atoms with E-state index >= 15 is 0 Å². The topological polar surface area (TPSA) is 111 Å². The van der Waals surface area contributed by atoms with Gasteiger partial charge in [0.25, 0.3) is 0 Å². The molecular formula is C10H14N2O6. The molecule has 0 unspecified atom stereocenters. The molecule has 0 spiro atoms. The predicted molar refractivity (Wildman–Crippen MR) is 58.9 cm³/mol. The summed E-state index contributed by atoms with van der Waals surface area (Å²) in [6.07, 6.45) is -0.677. The summed E-state index contributed by atoms with van der Waals surface area (Å²) >= 11 is 0. The van der Waals surface area contributed by atoms with Crippen LogP contribution in [0.5, 0.6) is 0 Å². The first kappa shape index (κ1) is 13.8. The zero-order valence-corrected chi connectivity index (χ0v) is 10.1. The second-order valence-corrected chi connectivity index (χ2v) is 3.42. The first-order valence-electron chi connectivity index (χ1n) is 5.23. The molecule has 18 heavy (non-hydrogen) atoms. The molecule has 0 aromatic carbocycles. The van der Waals surface area contributed by atoms with E-state index in [0.717, 1.165) is 0 Å². The maximum atomic E-state index is 11.2. The lowest BCUT2D eigenvalue weighted by atomic mass is 10.4. The molecule has 0 radical (unpaired) electrons. The Bertz CT molecular complexity index is 475. The zero-order chi connectivity index (χ0) is 13.5. The van der Waals surface area contributed by atoms with E-state index in [1.165, 1.54) is 13.8 Å². The summed E-state index contributed by atoms with van der Waals surface area (Å²) in [5, 5.41) is 4.91. The van der Waals surface area contributed by atoms with Gasteiger partial charge in [0.2, 0.25) is 5.91 Å². The minimum atomic E-state index is -0.836. The molecule has 8 heteroatoms. The molecule has 2 N–H and O–H groups in total. The Balaban J connectivity index is 2.23. The Morgan fingerprint density at radius 3 is 2.44 bits per heavy atom. The van der Waals surface area contributed by atoms with Gasteiger partial charge in [-0.1, -0.05) is 0 Å². The third kappa shape index (κ3) is 4.73. The summed E-state index contributed by atoms with van der Waals surface area (Å²) < 4.78 is 14.0. The summed E-state index contributed by atoms with van der Waals surface area (Å²) in [5.41, 5.74) is 0. The zero-order valence-electron chi connectivity index (χ0n) is 10.1. The second-order valence-electron chi connectivity index (χ2n) is 3.42. The minimum absolute atomic E-state index is 0.164. The van der Waals surface area contributed by atoms with Crippen LogP contribution in [0.15, 0.2) is 13.6 Å². The maximum Gasteiger partial charge on any atom is 0.519 e. The van der Waals surface area contributed by atoms with E-state index in [1.54, 1.807) is 0 Å². The van der Waals surface area contributed by atoms with Crippen molar-refractivity contribution >= 4 is 12.0 Å². The number of amides is 2. The van der Waals surface area contributed by atoms with Crippen molar-refractivity contribution in [3.05, 3.63) is 22.1 Å². The Morgan fingerprint density at radius 2 is 1.89 bits per heavy atom. The highest BCUT2D eigenvalue weighted by molar-refractivity contribution is 5.73. The molecule has 0 saturated heterocycles. The van der Waals surface area contributed by atoms with Crippen LogP contribution in [0.25, 0.3) is 0 Å². The number of ether oxygens (including phenoxy) is 1. The first-order chi connectivity index (χ1) is 8.49. The molecule has 0 aliphatic heterocycles. The van der Waals surface area contributed by atoms with Gasteiger partial charge in [-0.15, -0.1) is 0 Å². The summed E-state index contributed by atoms with van der Waals surface area (Å²) in [7, 11) is 0. The normalized spacial score (nSPS) is 9.89. The summed E-state index contributed by atoms with van der Waals surface area (Å²) in [4.78, 5) is 32.4. The fraction of sp³-hybridized carbons (Fsp3) is 0.500. The van der Waals surface area contributed by atoms with Gasteiger partial charge in [0, 0.05) is 20.0 Å². The van der Waals surface area contributed by atoms with Crippen LogP contribution in [0, 0.1) is 6.92 Å². The monoisotopic (exact) mass is 258 g/mol. The third-order valence-electron chi connectivity index (χ3n) is 1.94. The highest BCUT2D eigenvalue weighted by atomic mass is 16.6. The van der Waals surface area contributed by atoms with Gasteiger partial charge in [-0.2, -0.15) is 0 Å². The number of rotatable bonds is 5. The smallest absolute Gasteiger partial charge is 0.441 e. The van der Waals surface area contributed by atoms with Gasteiger partial charge in [-0.25, -0.2) is 9.59 Å². The molecule has 2 amide bonds. The number of carbonyl (C=O) groups excluding carboxylic acids is 2. The number of hydrogen-bond donors (Lipinski definition) is 2. The molecule has 0 atom stereocenters. The molecule has 0 saturated carbocycles. The number of alkyl carbamates (subject to hydrolysis) is 1. The average Bonchev–Trinajstić information content (AvgIpc) is 2.60. The van der Waals surface area contributed by atoms with E-state index in [-0.39, 0.29) is 30.6 Å². The predicted octanol–water partition coefficient (Wildman–Crippen LogP) is -0.0965. The quantitative estimate of drug-likeness (QED) is 0.714. The molecule has 1 aromatic heterocycles. The lowest BCUT2D eigenvalue weighted by Crippen LogP contribution is -2.33. The van der Waals surface area contributed by atoms with Gasteiger partial charge in [-0.05, 0) is 6.92 Å². The molecule has 1 rings (SSSR count). The fourth-order valence-corrected chi connectivity index (χ4v) is 1.09. The third-order valence-corrected chi connectivity index (χ3v) is 1.94. The Labute approximate surface area is 102 Å². The van der Waals surface area contributed by atoms with Crippen molar-refractivity contribution in [3.8, 4) is 0 Å². The summed E-state index contributed by atoms with van der Waals surface area (Å²) in [5.74, 6) is -0.582. The highest BCUT2D eigenvalue weighted by Gasteiger charge is 2.10. The van der Waals surface area contributed by atoms with E-state index in [2.05, 4.69) is 19.5 Å². The average molecular weight is 258 g/mol. The maximum absolute atomic E-state index is 11.2. The molecule has 0 aliphatic carbocycles. The van der Waals surface area contributed by atoms with E-state index in [4.69, 9.17) is 4.74 Å². The number of carbonyl (C=O) groups is 2. The van der Waals surface area contributed by atoms with E-state index in [9.17, 15) is 14.4 Å². The molecule has 100 valence electrons. The van der Waals surface area contributed by atoms with Crippen molar-refractivity contribution in [2.75, 3.05) is 13.1 Å². The number of aryl methyl sites for hydroxylation is 1. The van der Waals surface area contributed by atoms with Gasteiger partial charge in [-0.3, -0.25) is 4.79 Å². The molecule has 1 aromatic rings. The molecule has 1 heterocycles. The van der Waals surface area contributed by atoms with Crippen molar-refractivity contribution in [2.24, 2.45) is 0 Å². The Morgan fingerprint density at radius 1 is 1.22 bits per heavy atom. The molecular weight excluding hydrogens is 244 g/mol.